The van der Waals surface area contributed by atoms with Gasteiger partial charge in [0, 0.05) is 24.9 Å². The van der Waals surface area contributed by atoms with Crippen LogP contribution in [0.4, 0.5) is 0 Å². The number of rotatable bonds is 9. The Hall–Kier alpha value is -4.91. The molecule has 0 saturated heterocycles. The summed E-state index contributed by atoms with van der Waals surface area (Å²) < 4.78 is 7.88. The van der Waals surface area contributed by atoms with Gasteiger partial charge in [-0.1, -0.05) is 74.0 Å². The van der Waals surface area contributed by atoms with Crippen molar-refractivity contribution in [3.8, 4) is 11.1 Å². The molecule has 0 atom stereocenters. The highest BCUT2D eigenvalue weighted by molar-refractivity contribution is 6.12. The first-order valence-corrected chi connectivity index (χ1v) is 15.0. The number of aromatic nitrogens is 2. The fourth-order valence-electron chi connectivity index (χ4n) is 5.28. The summed E-state index contributed by atoms with van der Waals surface area (Å²) in [6, 6.07) is 22.4. The van der Waals surface area contributed by atoms with E-state index in [9.17, 15) is 14.4 Å². The third kappa shape index (κ3) is 7.00. The molecule has 0 N–H and O–H groups in total. The maximum absolute atomic E-state index is 13.0. The van der Waals surface area contributed by atoms with Crippen molar-refractivity contribution < 1.29 is 19.1 Å². The number of hydrogen-bond acceptors (Lipinski definition) is 5. The highest BCUT2D eigenvalue weighted by Gasteiger charge is 2.23. The summed E-state index contributed by atoms with van der Waals surface area (Å²) in [5.41, 5.74) is 5.93. The minimum Gasteiger partial charge on any atom is -0.456 e. The first-order valence-electron chi connectivity index (χ1n) is 15.0. The van der Waals surface area contributed by atoms with Crippen LogP contribution in [0.5, 0.6) is 0 Å². The molecule has 3 aromatic carbocycles. The Morgan fingerprint density at radius 2 is 1.66 bits per heavy atom. The van der Waals surface area contributed by atoms with E-state index in [1.54, 1.807) is 30.3 Å². The fourth-order valence-corrected chi connectivity index (χ4v) is 5.28. The van der Waals surface area contributed by atoms with Crippen LogP contribution in [0, 0.1) is 0 Å². The smallest absolute Gasteiger partial charge is 0.339 e. The molecule has 7 nitrogen and oxygen atoms in total. The predicted molar refractivity (Wildman–Crippen MR) is 173 cm³/mol. The zero-order chi connectivity index (χ0) is 31.3. The van der Waals surface area contributed by atoms with Crippen LogP contribution in [0.15, 0.2) is 83.9 Å². The van der Waals surface area contributed by atoms with E-state index < -0.39 is 11.5 Å². The van der Waals surface area contributed by atoms with Crippen LogP contribution in [-0.2, 0) is 24.1 Å². The van der Waals surface area contributed by atoms with Crippen molar-refractivity contribution in [2.24, 2.45) is 4.99 Å². The number of imidazole rings is 1. The lowest BCUT2D eigenvalue weighted by Gasteiger charge is -2.20. The van der Waals surface area contributed by atoms with Gasteiger partial charge in [-0.05, 0) is 68.2 Å². The Bertz CT molecular complexity index is 1750. The summed E-state index contributed by atoms with van der Waals surface area (Å²) in [6.45, 7) is 8.36. The Morgan fingerprint density at radius 3 is 2.36 bits per heavy atom. The van der Waals surface area contributed by atoms with Crippen LogP contribution in [0.1, 0.15) is 94.4 Å². The number of nitrogens with zero attached hydrogens (tertiary/aromatic N) is 3. The molecule has 1 aliphatic carbocycles. The molecule has 0 saturated carbocycles. The Balaban J connectivity index is 1.42. The number of aryl methyl sites for hydroxylation is 1. The fraction of sp³-hybridized carbons (Fsp3) is 0.270. The topological polar surface area (TPSA) is 90.6 Å². The van der Waals surface area contributed by atoms with Gasteiger partial charge in [-0.15, -0.1) is 0 Å². The highest BCUT2D eigenvalue weighted by Crippen LogP contribution is 2.28. The number of carbonyl (C=O) groups is 3. The van der Waals surface area contributed by atoms with E-state index in [-0.39, 0.29) is 5.97 Å². The van der Waals surface area contributed by atoms with Crippen molar-refractivity contribution in [1.82, 2.24) is 9.55 Å². The molecule has 4 aromatic rings. The summed E-state index contributed by atoms with van der Waals surface area (Å²) in [6.07, 6.45) is 7.80. The molecular formula is C37H37N3O4. The zero-order valence-corrected chi connectivity index (χ0v) is 25.7. The summed E-state index contributed by atoms with van der Waals surface area (Å²) in [5.74, 6) is 0.219. The lowest BCUT2D eigenvalue weighted by atomic mass is 9.98. The Labute approximate surface area is 258 Å². The molecule has 224 valence electrons. The number of aliphatic imine (C=N–C) groups is 1. The SMILES string of the molecule is CCCCc1nc2c(n1Cc1ccc(-c3ccccc3C(=O)OC(C)(C)C)cc1)CC(=NC(=O)c1ccccc1C=O)C=C2. The normalized spacial score (nSPS) is 13.5. The summed E-state index contributed by atoms with van der Waals surface area (Å²) in [5, 5.41) is 0. The van der Waals surface area contributed by atoms with Gasteiger partial charge in [0.15, 0.2) is 6.29 Å². The number of esters is 1. The van der Waals surface area contributed by atoms with E-state index >= 15 is 0 Å². The molecule has 1 heterocycles. The molecule has 0 bridgehead atoms. The minimum absolute atomic E-state index is 0.291. The third-order valence-electron chi connectivity index (χ3n) is 7.43. The predicted octanol–water partition coefficient (Wildman–Crippen LogP) is 7.56. The molecule has 0 aliphatic heterocycles. The number of allylic oxidation sites excluding steroid dienone is 1. The second-order valence-corrected chi connectivity index (χ2v) is 11.9. The number of ether oxygens (including phenoxy) is 1. The Kier molecular flexibility index (Phi) is 9.14. The van der Waals surface area contributed by atoms with Crippen molar-refractivity contribution >= 4 is 30.0 Å². The van der Waals surface area contributed by atoms with Crippen molar-refractivity contribution in [2.45, 2.75) is 65.5 Å². The van der Waals surface area contributed by atoms with Gasteiger partial charge in [0.1, 0.15) is 11.4 Å². The summed E-state index contributed by atoms with van der Waals surface area (Å²) in [7, 11) is 0. The van der Waals surface area contributed by atoms with Gasteiger partial charge in [0.25, 0.3) is 5.91 Å². The largest absolute Gasteiger partial charge is 0.456 e. The lowest BCUT2D eigenvalue weighted by Crippen LogP contribution is -2.24. The zero-order valence-electron chi connectivity index (χ0n) is 25.7. The third-order valence-corrected chi connectivity index (χ3v) is 7.43. The van der Waals surface area contributed by atoms with Crippen LogP contribution >= 0.6 is 0 Å². The monoisotopic (exact) mass is 587 g/mol. The van der Waals surface area contributed by atoms with Crippen molar-refractivity contribution in [3.63, 3.8) is 0 Å². The van der Waals surface area contributed by atoms with Crippen LogP contribution in [0.25, 0.3) is 17.2 Å². The van der Waals surface area contributed by atoms with Crippen LogP contribution in [0.2, 0.25) is 0 Å². The van der Waals surface area contributed by atoms with Gasteiger partial charge in [-0.25, -0.2) is 14.8 Å². The molecule has 0 fully saturated rings. The molecule has 0 radical (unpaired) electrons. The van der Waals surface area contributed by atoms with E-state index in [1.165, 1.54) is 0 Å². The standard InChI is InChI=1S/C37H37N3O4/c1-5-6-15-34-39-32-21-20-28(38-35(42)30-13-8-7-11-27(30)24-41)22-33(32)40(34)23-25-16-18-26(19-17-25)29-12-9-10-14-31(29)36(43)44-37(2,3)4/h7-14,16-21,24H,5-6,15,22-23H2,1-4H3. The molecular weight excluding hydrogens is 550 g/mol. The molecule has 7 heteroatoms. The summed E-state index contributed by atoms with van der Waals surface area (Å²) in [4.78, 5) is 46.7. The molecule has 0 unspecified atom stereocenters. The van der Waals surface area contributed by atoms with Gasteiger partial charge in [0.05, 0.1) is 28.2 Å². The first kappa shape index (κ1) is 30.5. The van der Waals surface area contributed by atoms with Crippen LogP contribution in [-0.4, -0.2) is 39.0 Å². The lowest BCUT2D eigenvalue weighted by molar-refractivity contribution is 0.00702. The molecule has 44 heavy (non-hydrogen) atoms. The van der Waals surface area contributed by atoms with Crippen LogP contribution < -0.4 is 0 Å². The second-order valence-electron chi connectivity index (χ2n) is 11.9. The van der Waals surface area contributed by atoms with Crippen LogP contribution in [0.3, 0.4) is 0 Å². The number of unbranched alkanes of at least 4 members (excludes halogenated alkanes) is 1. The number of carbonyl (C=O) groups excluding carboxylic acids is 3. The number of aldehydes is 1. The number of hydrogen-bond donors (Lipinski definition) is 0. The maximum atomic E-state index is 13.0. The molecule has 0 spiro atoms. The van der Waals surface area contributed by atoms with E-state index in [0.717, 1.165) is 53.2 Å². The number of fused-ring (bicyclic) bond motifs is 1. The van der Waals surface area contributed by atoms with Crippen molar-refractivity contribution in [2.75, 3.05) is 0 Å². The molecule has 1 amide bonds. The second kappa shape index (κ2) is 13.2. The van der Waals surface area contributed by atoms with Gasteiger partial charge < -0.3 is 9.30 Å². The average Bonchev–Trinajstić information content (AvgIpc) is 3.35. The van der Waals surface area contributed by atoms with E-state index in [4.69, 9.17) is 9.72 Å². The quantitative estimate of drug-likeness (QED) is 0.149. The number of amides is 1. The molecule has 1 aliphatic rings. The first-order chi connectivity index (χ1) is 21.2. The van der Waals surface area contributed by atoms with Gasteiger partial charge >= 0.3 is 5.97 Å². The minimum atomic E-state index is -0.583. The van der Waals surface area contributed by atoms with Crippen molar-refractivity contribution in [1.29, 1.82) is 0 Å². The molecule has 5 rings (SSSR count). The van der Waals surface area contributed by atoms with Crippen molar-refractivity contribution in [3.05, 3.63) is 118 Å². The van der Waals surface area contributed by atoms with Gasteiger partial charge in [-0.3, -0.25) is 9.59 Å². The molecule has 1 aromatic heterocycles. The van der Waals surface area contributed by atoms with Gasteiger partial charge in [0.2, 0.25) is 0 Å². The van der Waals surface area contributed by atoms with E-state index in [0.29, 0.717) is 41.7 Å². The van der Waals surface area contributed by atoms with E-state index in [1.807, 2.05) is 63.3 Å². The highest BCUT2D eigenvalue weighted by atomic mass is 16.6. The number of benzene rings is 3. The van der Waals surface area contributed by atoms with E-state index in [2.05, 4.69) is 28.6 Å². The van der Waals surface area contributed by atoms with Gasteiger partial charge in [-0.2, -0.15) is 0 Å². The average molecular weight is 588 g/mol. The maximum Gasteiger partial charge on any atom is 0.339 e. The summed E-state index contributed by atoms with van der Waals surface area (Å²) >= 11 is 0. The Morgan fingerprint density at radius 1 is 0.955 bits per heavy atom.